The highest BCUT2D eigenvalue weighted by Crippen LogP contribution is 2.67. The Labute approximate surface area is 108 Å². The van der Waals surface area contributed by atoms with Gasteiger partial charge in [0, 0.05) is 5.41 Å². The Morgan fingerprint density at radius 1 is 1.35 bits per heavy atom. The van der Waals surface area contributed by atoms with Crippen LogP contribution in [-0.2, 0) is 9.84 Å². The number of rotatable bonds is 0. The average Bonchev–Trinajstić information content (AvgIpc) is 2.45. The van der Waals surface area contributed by atoms with E-state index in [1.165, 1.54) is 5.57 Å². The minimum Gasteiger partial charge on any atom is -0.227 e. The quantitative estimate of drug-likeness (QED) is 0.502. The topological polar surface area (TPSA) is 34.1 Å². The minimum atomic E-state index is -3.10. The van der Waals surface area contributed by atoms with E-state index in [4.69, 9.17) is 11.6 Å². The van der Waals surface area contributed by atoms with E-state index in [1.807, 2.05) is 0 Å². The molecular formula is C13H19ClO2S. The number of hydrogen-bond donors (Lipinski definition) is 0. The average molecular weight is 275 g/mol. The highest BCUT2D eigenvalue weighted by atomic mass is 35.5. The Morgan fingerprint density at radius 3 is 2.82 bits per heavy atom. The lowest BCUT2D eigenvalue weighted by Gasteiger charge is -2.52. The maximum Gasteiger partial charge on any atom is 0.168 e. The van der Waals surface area contributed by atoms with Gasteiger partial charge in [0.15, 0.2) is 9.84 Å². The van der Waals surface area contributed by atoms with Crippen molar-refractivity contribution >= 4 is 21.4 Å². The molecule has 96 valence electrons. The van der Waals surface area contributed by atoms with Crippen molar-refractivity contribution in [2.75, 3.05) is 5.75 Å². The molecule has 1 saturated heterocycles. The summed E-state index contributed by atoms with van der Waals surface area (Å²) in [5.41, 5.74) is 1.12. The summed E-state index contributed by atoms with van der Waals surface area (Å²) in [5, 5.41) is 0. The fourth-order valence-electron chi connectivity index (χ4n) is 4.45. The van der Waals surface area contributed by atoms with Crippen LogP contribution in [0.3, 0.4) is 0 Å². The van der Waals surface area contributed by atoms with Crippen LogP contribution in [0.15, 0.2) is 11.6 Å². The first-order chi connectivity index (χ1) is 7.92. The van der Waals surface area contributed by atoms with Gasteiger partial charge in [-0.25, -0.2) is 8.42 Å². The van der Waals surface area contributed by atoms with Crippen LogP contribution in [0.25, 0.3) is 0 Å². The normalized spacial score (nSPS) is 48.1. The summed E-state index contributed by atoms with van der Waals surface area (Å²) in [5.74, 6) is 0.317. The van der Waals surface area contributed by atoms with Crippen LogP contribution in [0.4, 0.5) is 0 Å². The summed E-state index contributed by atoms with van der Waals surface area (Å²) in [4.78, 5) is 0. The molecule has 0 unspecified atom stereocenters. The summed E-state index contributed by atoms with van der Waals surface area (Å²) in [7, 11) is -3.10. The molecule has 0 N–H and O–H groups in total. The minimum absolute atomic E-state index is 0.0456. The van der Waals surface area contributed by atoms with Crippen molar-refractivity contribution in [1.82, 2.24) is 0 Å². The highest BCUT2D eigenvalue weighted by molar-refractivity contribution is 7.93. The molecule has 4 heteroatoms. The summed E-state index contributed by atoms with van der Waals surface area (Å²) >= 11 is 6.39. The maximum atomic E-state index is 12.2. The SMILES string of the molecule is CC1=CC[C@@]23CCCC[C@@]2(C1)[C@H](Cl)S(=O)(=O)C3. The second-order valence-corrected chi connectivity index (χ2v) is 8.98. The van der Waals surface area contributed by atoms with Crippen molar-refractivity contribution in [2.24, 2.45) is 10.8 Å². The molecule has 1 aliphatic heterocycles. The molecule has 1 saturated carbocycles. The summed E-state index contributed by atoms with van der Waals surface area (Å²) in [6.07, 6.45) is 8.38. The molecule has 3 atom stereocenters. The summed E-state index contributed by atoms with van der Waals surface area (Å²) in [6.45, 7) is 2.11. The van der Waals surface area contributed by atoms with Crippen LogP contribution in [0.2, 0.25) is 0 Å². The van der Waals surface area contributed by atoms with Gasteiger partial charge in [0.25, 0.3) is 0 Å². The van der Waals surface area contributed by atoms with E-state index in [0.717, 1.165) is 38.5 Å². The van der Waals surface area contributed by atoms with Crippen LogP contribution in [0.1, 0.15) is 45.4 Å². The zero-order valence-electron chi connectivity index (χ0n) is 10.2. The highest BCUT2D eigenvalue weighted by Gasteiger charge is 2.66. The smallest absolute Gasteiger partial charge is 0.168 e. The Morgan fingerprint density at radius 2 is 2.06 bits per heavy atom. The molecule has 0 aromatic carbocycles. The van der Waals surface area contributed by atoms with Gasteiger partial charge in [-0.15, -0.1) is 11.6 Å². The molecule has 0 aromatic heterocycles. The van der Waals surface area contributed by atoms with Gasteiger partial charge < -0.3 is 0 Å². The van der Waals surface area contributed by atoms with Gasteiger partial charge in [0.2, 0.25) is 0 Å². The Hall–Kier alpha value is -0.0200. The van der Waals surface area contributed by atoms with Crippen molar-refractivity contribution in [3.05, 3.63) is 11.6 Å². The van der Waals surface area contributed by atoms with Crippen LogP contribution in [-0.4, -0.2) is 18.9 Å². The lowest BCUT2D eigenvalue weighted by molar-refractivity contribution is 0.0229. The monoisotopic (exact) mass is 274 g/mol. The van der Waals surface area contributed by atoms with Gasteiger partial charge in [-0.2, -0.15) is 0 Å². The first kappa shape index (κ1) is 12.0. The summed E-state index contributed by atoms with van der Waals surface area (Å²) in [6, 6.07) is 0. The third kappa shape index (κ3) is 1.42. The fourth-order valence-corrected chi connectivity index (χ4v) is 7.66. The lowest BCUT2D eigenvalue weighted by atomic mass is 9.52. The molecule has 2 nitrogen and oxygen atoms in total. The van der Waals surface area contributed by atoms with Gasteiger partial charge in [0.1, 0.15) is 4.71 Å². The number of alkyl halides is 1. The molecule has 0 spiro atoms. The van der Waals surface area contributed by atoms with Crippen LogP contribution in [0.5, 0.6) is 0 Å². The first-order valence-electron chi connectivity index (χ1n) is 6.43. The zero-order chi connectivity index (χ0) is 12.3. The molecule has 17 heavy (non-hydrogen) atoms. The van der Waals surface area contributed by atoms with E-state index in [1.54, 1.807) is 0 Å². The van der Waals surface area contributed by atoms with Crippen molar-refractivity contribution in [3.8, 4) is 0 Å². The van der Waals surface area contributed by atoms with E-state index in [-0.39, 0.29) is 10.8 Å². The molecule has 3 aliphatic rings. The Bertz CT molecular complexity index is 482. The van der Waals surface area contributed by atoms with Crippen LogP contribution >= 0.6 is 11.6 Å². The third-order valence-electron chi connectivity index (χ3n) is 5.25. The first-order valence-corrected chi connectivity index (χ1v) is 8.58. The Kier molecular flexibility index (Phi) is 2.48. The van der Waals surface area contributed by atoms with Crippen molar-refractivity contribution in [1.29, 1.82) is 0 Å². The van der Waals surface area contributed by atoms with E-state index in [9.17, 15) is 8.42 Å². The Balaban J connectivity index is 2.17. The number of halogens is 1. The number of allylic oxidation sites excluding steroid dienone is 2. The molecular weight excluding hydrogens is 256 g/mol. The van der Waals surface area contributed by atoms with E-state index in [2.05, 4.69) is 13.0 Å². The molecule has 2 fully saturated rings. The molecule has 0 amide bonds. The number of hydrogen-bond acceptors (Lipinski definition) is 2. The van der Waals surface area contributed by atoms with E-state index >= 15 is 0 Å². The molecule has 0 bridgehead atoms. The van der Waals surface area contributed by atoms with Crippen molar-refractivity contribution < 1.29 is 8.42 Å². The van der Waals surface area contributed by atoms with E-state index in [0.29, 0.717) is 5.75 Å². The molecule has 0 aromatic rings. The van der Waals surface area contributed by atoms with Gasteiger partial charge >= 0.3 is 0 Å². The number of sulfone groups is 1. The molecule has 1 heterocycles. The van der Waals surface area contributed by atoms with Gasteiger partial charge in [-0.3, -0.25) is 0 Å². The van der Waals surface area contributed by atoms with Gasteiger partial charge in [-0.1, -0.05) is 24.5 Å². The standard InChI is InChI=1S/C13H19ClO2S/c1-10-4-7-12-5-2-3-6-13(12,8-10)11(14)17(15,16)9-12/h4,11H,2-3,5-9H2,1H3/t11-,12-,13-/m1/s1. The predicted octanol–water partition coefficient (Wildman–Crippen LogP) is 3.27. The molecule has 3 rings (SSSR count). The summed E-state index contributed by atoms with van der Waals surface area (Å²) < 4.78 is 23.8. The third-order valence-corrected chi connectivity index (χ3v) is 8.52. The zero-order valence-corrected chi connectivity index (χ0v) is 11.8. The van der Waals surface area contributed by atoms with Gasteiger partial charge in [0.05, 0.1) is 5.75 Å². The largest absolute Gasteiger partial charge is 0.227 e. The molecule has 0 radical (unpaired) electrons. The van der Waals surface area contributed by atoms with E-state index < -0.39 is 14.5 Å². The maximum absolute atomic E-state index is 12.2. The van der Waals surface area contributed by atoms with Crippen LogP contribution in [0, 0.1) is 10.8 Å². The van der Waals surface area contributed by atoms with Gasteiger partial charge in [-0.05, 0) is 38.0 Å². The predicted molar refractivity (Wildman–Crippen MR) is 69.8 cm³/mol. The van der Waals surface area contributed by atoms with Crippen LogP contribution < -0.4 is 0 Å². The lowest BCUT2D eigenvalue weighted by Crippen LogP contribution is -2.47. The van der Waals surface area contributed by atoms with Crippen molar-refractivity contribution in [3.63, 3.8) is 0 Å². The molecule has 2 aliphatic carbocycles. The van der Waals surface area contributed by atoms with Crippen molar-refractivity contribution in [2.45, 2.75) is 50.2 Å². The second-order valence-electron chi connectivity index (χ2n) is 6.20. The fraction of sp³-hybridized carbons (Fsp3) is 0.846. The second kappa shape index (κ2) is 3.51.